The quantitative estimate of drug-likeness (QED) is 0.702. The van der Waals surface area contributed by atoms with Crippen LogP contribution in [0.2, 0.25) is 0 Å². The molecule has 0 spiro atoms. The lowest BCUT2D eigenvalue weighted by atomic mass is 10.1. The van der Waals surface area contributed by atoms with Crippen molar-refractivity contribution in [1.29, 1.82) is 0 Å². The van der Waals surface area contributed by atoms with Gasteiger partial charge in [-0.15, -0.1) is 11.8 Å². The molecule has 0 aliphatic rings. The van der Waals surface area contributed by atoms with Crippen molar-refractivity contribution in [1.82, 2.24) is 5.32 Å². The Kier molecular flexibility index (Phi) is 4.72. The van der Waals surface area contributed by atoms with Crippen molar-refractivity contribution in [2.75, 3.05) is 6.26 Å². The molecule has 23 heavy (non-hydrogen) atoms. The molecule has 2 aromatic carbocycles. The number of amides is 1. The van der Waals surface area contributed by atoms with Crippen LogP contribution in [0, 0.1) is 0 Å². The van der Waals surface area contributed by atoms with E-state index in [1.54, 1.807) is 11.8 Å². The van der Waals surface area contributed by atoms with Crippen LogP contribution < -0.4 is 5.32 Å². The third-order valence-corrected chi connectivity index (χ3v) is 4.51. The molecule has 0 aliphatic heterocycles. The standard InChI is InChI=1S/C19H19NO2S/c1-13(11-15-12-14-7-3-5-9-17(14)22-15)20-19(21)16-8-4-6-10-18(16)23-2/h3-10,12-13H,11H2,1-2H3,(H,20,21)/t13-/m1/s1. The van der Waals surface area contributed by atoms with Crippen LogP contribution in [0.3, 0.4) is 0 Å². The normalized spacial score (nSPS) is 12.3. The zero-order valence-corrected chi connectivity index (χ0v) is 14.0. The molecule has 1 atom stereocenters. The molecule has 0 saturated carbocycles. The fraction of sp³-hybridized carbons (Fsp3) is 0.211. The Morgan fingerprint density at radius 1 is 1.17 bits per heavy atom. The largest absolute Gasteiger partial charge is 0.461 e. The predicted octanol–water partition coefficient (Wildman–Crippen LogP) is 4.52. The van der Waals surface area contributed by atoms with E-state index in [0.717, 1.165) is 27.2 Å². The third-order valence-electron chi connectivity index (χ3n) is 3.71. The number of rotatable bonds is 5. The number of nitrogens with one attached hydrogen (secondary N) is 1. The molecule has 0 saturated heterocycles. The van der Waals surface area contributed by atoms with Crippen LogP contribution in [-0.2, 0) is 6.42 Å². The first-order chi connectivity index (χ1) is 11.2. The Balaban J connectivity index is 1.69. The van der Waals surface area contributed by atoms with Crippen LogP contribution in [-0.4, -0.2) is 18.2 Å². The molecular weight excluding hydrogens is 306 g/mol. The maximum atomic E-state index is 12.4. The summed E-state index contributed by atoms with van der Waals surface area (Å²) in [5.41, 5.74) is 1.60. The van der Waals surface area contributed by atoms with Gasteiger partial charge in [0.15, 0.2) is 0 Å². The Morgan fingerprint density at radius 3 is 2.70 bits per heavy atom. The Hall–Kier alpha value is -2.20. The van der Waals surface area contributed by atoms with E-state index in [1.807, 2.05) is 67.8 Å². The molecule has 1 aromatic heterocycles. The van der Waals surface area contributed by atoms with Crippen LogP contribution in [0.1, 0.15) is 23.0 Å². The zero-order valence-electron chi connectivity index (χ0n) is 13.2. The molecule has 3 aromatic rings. The number of hydrogen-bond acceptors (Lipinski definition) is 3. The summed E-state index contributed by atoms with van der Waals surface area (Å²) >= 11 is 1.58. The lowest BCUT2D eigenvalue weighted by Crippen LogP contribution is -2.34. The summed E-state index contributed by atoms with van der Waals surface area (Å²) in [4.78, 5) is 13.4. The van der Waals surface area contributed by atoms with Gasteiger partial charge in [0.2, 0.25) is 0 Å². The topological polar surface area (TPSA) is 42.2 Å². The molecule has 0 bridgehead atoms. The fourth-order valence-electron chi connectivity index (χ4n) is 2.62. The van der Waals surface area contributed by atoms with Crippen molar-refractivity contribution in [3.63, 3.8) is 0 Å². The van der Waals surface area contributed by atoms with Crippen molar-refractivity contribution < 1.29 is 9.21 Å². The van der Waals surface area contributed by atoms with Gasteiger partial charge in [0.25, 0.3) is 5.91 Å². The minimum absolute atomic E-state index is 0.00188. The molecule has 3 nitrogen and oxygen atoms in total. The molecule has 0 radical (unpaired) electrons. The number of para-hydroxylation sites is 1. The highest BCUT2D eigenvalue weighted by Gasteiger charge is 2.15. The van der Waals surface area contributed by atoms with Gasteiger partial charge in [-0.25, -0.2) is 0 Å². The second-order valence-electron chi connectivity index (χ2n) is 5.53. The van der Waals surface area contributed by atoms with Crippen LogP contribution >= 0.6 is 11.8 Å². The molecule has 4 heteroatoms. The number of thioether (sulfide) groups is 1. The molecule has 0 fully saturated rings. The van der Waals surface area contributed by atoms with Gasteiger partial charge in [0.1, 0.15) is 11.3 Å². The number of furan rings is 1. The van der Waals surface area contributed by atoms with E-state index >= 15 is 0 Å². The van der Waals surface area contributed by atoms with E-state index in [-0.39, 0.29) is 11.9 Å². The molecule has 0 aliphatic carbocycles. The van der Waals surface area contributed by atoms with Crippen molar-refractivity contribution in [3.05, 3.63) is 65.9 Å². The highest BCUT2D eigenvalue weighted by Crippen LogP contribution is 2.21. The maximum Gasteiger partial charge on any atom is 0.252 e. The summed E-state index contributed by atoms with van der Waals surface area (Å²) in [5, 5.41) is 4.14. The van der Waals surface area contributed by atoms with Crippen LogP contribution in [0.4, 0.5) is 0 Å². The molecule has 1 N–H and O–H groups in total. The summed E-state index contributed by atoms with van der Waals surface area (Å²) < 4.78 is 5.82. The minimum atomic E-state index is -0.0430. The van der Waals surface area contributed by atoms with Crippen molar-refractivity contribution in [2.24, 2.45) is 0 Å². The summed E-state index contributed by atoms with van der Waals surface area (Å²) in [7, 11) is 0. The molecular formula is C19H19NO2S. The van der Waals surface area contributed by atoms with E-state index in [1.165, 1.54) is 0 Å². The van der Waals surface area contributed by atoms with Crippen molar-refractivity contribution in [2.45, 2.75) is 24.3 Å². The molecule has 1 amide bonds. The second-order valence-corrected chi connectivity index (χ2v) is 6.38. The average molecular weight is 325 g/mol. The van der Waals surface area contributed by atoms with E-state index in [2.05, 4.69) is 5.32 Å². The minimum Gasteiger partial charge on any atom is -0.461 e. The lowest BCUT2D eigenvalue weighted by molar-refractivity contribution is 0.0936. The van der Waals surface area contributed by atoms with Gasteiger partial charge in [-0.05, 0) is 37.4 Å². The second kappa shape index (κ2) is 6.92. The molecule has 118 valence electrons. The number of benzene rings is 2. The number of fused-ring (bicyclic) bond motifs is 1. The highest BCUT2D eigenvalue weighted by atomic mass is 32.2. The van der Waals surface area contributed by atoms with Gasteiger partial charge < -0.3 is 9.73 Å². The zero-order chi connectivity index (χ0) is 16.2. The predicted molar refractivity (Wildman–Crippen MR) is 95.1 cm³/mol. The number of hydrogen-bond donors (Lipinski definition) is 1. The maximum absolute atomic E-state index is 12.4. The van der Waals surface area contributed by atoms with Gasteiger partial charge in [-0.2, -0.15) is 0 Å². The SMILES string of the molecule is CSc1ccccc1C(=O)N[C@H](C)Cc1cc2ccccc2o1. The highest BCUT2D eigenvalue weighted by molar-refractivity contribution is 7.98. The van der Waals surface area contributed by atoms with Crippen LogP contribution in [0.25, 0.3) is 11.0 Å². The van der Waals surface area contributed by atoms with E-state index in [9.17, 15) is 4.79 Å². The first-order valence-electron chi connectivity index (χ1n) is 7.58. The van der Waals surface area contributed by atoms with Gasteiger partial charge >= 0.3 is 0 Å². The Labute approximate surface area is 140 Å². The monoisotopic (exact) mass is 325 g/mol. The van der Waals surface area contributed by atoms with Crippen molar-refractivity contribution in [3.8, 4) is 0 Å². The molecule has 3 rings (SSSR count). The van der Waals surface area contributed by atoms with Gasteiger partial charge in [-0.1, -0.05) is 30.3 Å². The summed E-state index contributed by atoms with van der Waals surface area (Å²) in [6.45, 7) is 1.99. The average Bonchev–Trinajstić information content (AvgIpc) is 2.96. The number of carbonyl (C=O) groups is 1. The van der Waals surface area contributed by atoms with E-state index < -0.39 is 0 Å². The van der Waals surface area contributed by atoms with Gasteiger partial charge in [0, 0.05) is 22.7 Å². The fourth-order valence-corrected chi connectivity index (χ4v) is 3.22. The van der Waals surface area contributed by atoms with Crippen LogP contribution in [0.15, 0.2) is 63.9 Å². The lowest BCUT2D eigenvalue weighted by Gasteiger charge is -2.14. The third kappa shape index (κ3) is 3.59. The Bertz CT molecular complexity index is 792. The summed E-state index contributed by atoms with van der Waals surface area (Å²) in [5.74, 6) is 0.843. The first-order valence-corrected chi connectivity index (χ1v) is 8.81. The van der Waals surface area contributed by atoms with Crippen LogP contribution in [0.5, 0.6) is 0 Å². The molecule has 1 heterocycles. The van der Waals surface area contributed by atoms with E-state index in [4.69, 9.17) is 4.42 Å². The smallest absolute Gasteiger partial charge is 0.252 e. The molecule has 0 unspecified atom stereocenters. The summed E-state index contributed by atoms with van der Waals surface area (Å²) in [6, 6.07) is 17.6. The Morgan fingerprint density at radius 2 is 1.91 bits per heavy atom. The number of carbonyl (C=O) groups excluding carboxylic acids is 1. The summed E-state index contributed by atoms with van der Waals surface area (Å²) in [6.07, 6.45) is 2.64. The first kappa shape index (κ1) is 15.7. The van der Waals surface area contributed by atoms with Crippen molar-refractivity contribution >= 4 is 28.6 Å². The van der Waals surface area contributed by atoms with Gasteiger partial charge in [-0.3, -0.25) is 4.79 Å². The van der Waals surface area contributed by atoms with Gasteiger partial charge in [0.05, 0.1) is 5.56 Å². The van der Waals surface area contributed by atoms with E-state index in [0.29, 0.717) is 6.42 Å².